The standard InChI is InChI=1S/C24H34/c1-6-21(5)24(23-14-9-19(3)10-15-23)16-11-20(4)17-22-12-7-18(2)8-13-22/h7-10,12-15,20-21,24H,6,11,16-17H2,1-5H3. The van der Waals surface area contributed by atoms with Gasteiger partial charge in [0, 0.05) is 0 Å². The van der Waals surface area contributed by atoms with Gasteiger partial charge in [-0.3, -0.25) is 0 Å². The smallest absolute Gasteiger partial charge is 0.0136 e. The number of aryl methyl sites for hydroxylation is 2. The van der Waals surface area contributed by atoms with Crippen LogP contribution in [0.5, 0.6) is 0 Å². The predicted molar refractivity (Wildman–Crippen MR) is 107 cm³/mol. The summed E-state index contributed by atoms with van der Waals surface area (Å²) in [5.74, 6) is 2.18. The highest BCUT2D eigenvalue weighted by Gasteiger charge is 2.19. The molecule has 0 heterocycles. The van der Waals surface area contributed by atoms with Gasteiger partial charge >= 0.3 is 0 Å². The highest BCUT2D eigenvalue weighted by Crippen LogP contribution is 2.33. The second-order valence-electron chi connectivity index (χ2n) is 7.77. The van der Waals surface area contributed by atoms with Crippen molar-refractivity contribution in [1.29, 1.82) is 0 Å². The van der Waals surface area contributed by atoms with E-state index in [0.717, 1.165) is 11.8 Å². The first-order valence-corrected chi connectivity index (χ1v) is 9.61. The fourth-order valence-electron chi connectivity index (χ4n) is 3.57. The molecule has 2 rings (SSSR count). The summed E-state index contributed by atoms with van der Waals surface area (Å²) in [6.45, 7) is 11.5. The van der Waals surface area contributed by atoms with Gasteiger partial charge in [-0.25, -0.2) is 0 Å². The van der Waals surface area contributed by atoms with E-state index in [1.54, 1.807) is 0 Å². The van der Waals surface area contributed by atoms with Crippen LogP contribution in [0.1, 0.15) is 68.2 Å². The Labute approximate surface area is 149 Å². The quantitative estimate of drug-likeness (QED) is 0.486. The van der Waals surface area contributed by atoms with E-state index in [4.69, 9.17) is 0 Å². The van der Waals surface area contributed by atoms with Gasteiger partial charge in [-0.1, -0.05) is 86.8 Å². The van der Waals surface area contributed by atoms with Crippen molar-refractivity contribution in [3.63, 3.8) is 0 Å². The molecule has 0 saturated carbocycles. The van der Waals surface area contributed by atoms with Crippen LogP contribution in [-0.4, -0.2) is 0 Å². The molecule has 0 radical (unpaired) electrons. The summed E-state index contributed by atoms with van der Waals surface area (Å²) in [7, 11) is 0. The fraction of sp³-hybridized carbons (Fsp3) is 0.500. The maximum absolute atomic E-state index is 2.41. The van der Waals surface area contributed by atoms with Gasteiger partial charge in [0.2, 0.25) is 0 Å². The van der Waals surface area contributed by atoms with E-state index in [0.29, 0.717) is 5.92 Å². The molecule has 0 aliphatic heterocycles. The highest BCUT2D eigenvalue weighted by atomic mass is 14.2. The normalized spacial score (nSPS) is 15.0. The van der Waals surface area contributed by atoms with Crippen molar-refractivity contribution < 1.29 is 0 Å². The van der Waals surface area contributed by atoms with Gasteiger partial charge < -0.3 is 0 Å². The van der Waals surface area contributed by atoms with Crippen molar-refractivity contribution in [1.82, 2.24) is 0 Å². The monoisotopic (exact) mass is 322 g/mol. The minimum Gasteiger partial charge on any atom is -0.0651 e. The molecule has 0 heteroatoms. The SMILES string of the molecule is CCC(C)C(CCC(C)Cc1ccc(C)cc1)c1ccc(C)cc1. The zero-order chi connectivity index (χ0) is 17.5. The van der Waals surface area contributed by atoms with Crippen LogP contribution in [0.25, 0.3) is 0 Å². The Morgan fingerprint density at radius 1 is 0.750 bits per heavy atom. The van der Waals surface area contributed by atoms with Crippen molar-refractivity contribution in [3.05, 3.63) is 70.8 Å². The molecule has 0 aliphatic carbocycles. The van der Waals surface area contributed by atoms with E-state index >= 15 is 0 Å². The van der Waals surface area contributed by atoms with Crippen LogP contribution < -0.4 is 0 Å². The van der Waals surface area contributed by atoms with Crippen molar-refractivity contribution in [2.24, 2.45) is 11.8 Å². The summed E-state index contributed by atoms with van der Waals surface area (Å²) in [4.78, 5) is 0. The molecule has 0 aliphatic rings. The Kier molecular flexibility index (Phi) is 7.09. The van der Waals surface area contributed by atoms with E-state index in [-0.39, 0.29) is 0 Å². The molecular weight excluding hydrogens is 288 g/mol. The molecule has 3 atom stereocenters. The molecule has 0 fully saturated rings. The first-order valence-electron chi connectivity index (χ1n) is 9.61. The molecule has 2 aromatic rings. The Balaban J connectivity index is 1.96. The lowest BCUT2D eigenvalue weighted by Gasteiger charge is -2.25. The molecule has 0 spiro atoms. The van der Waals surface area contributed by atoms with Gasteiger partial charge in [-0.05, 0) is 62.0 Å². The van der Waals surface area contributed by atoms with Crippen LogP contribution in [0.2, 0.25) is 0 Å². The predicted octanol–water partition coefficient (Wildman–Crippen LogP) is 7.09. The number of benzene rings is 2. The third kappa shape index (κ3) is 5.51. The van der Waals surface area contributed by atoms with E-state index in [1.807, 2.05) is 0 Å². The summed E-state index contributed by atoms with van der Waals surface area (Å²) in [6, 6.07) is 18.3. The van der Waals surface area contributed by atoms with Gasteiger partial charge in [0.25, 0.3) is 0 Å². The fourth-order valence-corrected chi connectivity index (χ4v) is 3.57. The van der Waals surface area contributed by atoms with Crippen LogP contribution in [0.3, 0.4) is 0 Å². The molecule has 3 unspecified atom stereocenters. The Hall–Kier alpha value is -1.56. The van der Waals surface area contributed by atoms with Gasteiger partial charge in [-0.15, -0.1) is 0 Å². The van der Waals surface area contributed by atoms with Crippen LogP contribution in [0, 0.1) is 25.7 Å². The van der Waals surface area contributed by atoms with Crippen LogP contribution in [0.15, 0.2) is 48.5 Å². The topological polar surface area (TPSA) is 0 Å². The number of rotatable bonds is 8. The van der Waals surface area contributed by atoms with Crippen molar-refractivity contribution in [3.8, 4) is 0 Å². The molecule has 2 aromatic carbocycles. The second-order valence-corrected chi connectivity index (χ2v) is 7.77. The molecule has 24 heavy (non-hydrogen) atoms. The average molecular weight is 323 g/mol. The molecule has 130 valence electrons. The summed E-state index contributed by atoms with van der Waals surface area (Å²) >= 11 is 0. The van der Waals surface area contributed by atoms with Gasteiger partial charge in [-0.2, -0.15) is 0 Å². The van der Waals surface area contributed by atoms with E-state index in [2.05, 4.69) is 83.1 Å². The van der Waals surface area contributed by atoms with Gasteiger partial charge in [0.1, 0.15) is 0 Å². The van der Waals surface area contributed by atoms with Crippen LogP contribution in [0.4, 0.5) is 0 Å². The van der Waals surface area contributed by atoms with E-state index in [1.165, 1.54) is 47.9 Å². The minimum absolute atomic E-state index is 0.691. The molecule has 0 aromatic heterocycles. The Morgan fingerprint density at radius 3 is 1.83 bits per heavy atom. The molecule has 0 N–H and O–H groups in total. The zero-order valence-electron chi connectivity index (χ0n) is 16.2. The summed E-state index contributed by atoms with van der Waals surface area (Å²) < 4.78 is 0. The zero-order valence-corrected chi connectivity index (χ0v) is 16.2. The lowest BCUT2D eigenvalue weighted by Crippen LogP contribution is -2.12. The minimum atomic E-state index is 0.691. The van der Waals surface area contributed by atoms with Gasteiger partial charge in [0.15, 0.2) is 0 Å². The van der Waals surface area contributed by atoms with Crippen LogP contribution in [-0.2, 0) is 6.42 Å². The lowest BCUT2D eigenvalue weighted by molar-refractivity contribution is 0.379. The molecule has 0 nitrogen and oxygen atoms in total. The van der Waals surface area contributed by atoms with Crippen LogP contribution >= 0.6 is 0 Å². The molecule has 0 saturated heterocycles. The largest absolute Gasteiger partial charge is 0.0651 e. The first-order chi connectivity index (χ1) is 11.5. The first kappa shape index (κ1) is 18.8. The highest BCUT2D eigenvalue weighted by molar-refractivity contribution is 5.25. The summed E-state index contributed by atoms with van der Waals surface area (Å²) in [6.07, 6.45) is 5.05. The maximum atomic E-state index is 2.41. The average Bonchev–Trinajstić information content (AvgIpc) is 2.58. The van der Waals surface area contributed by atoms with Crippen molar-refractivity contribution in [2.75, 3.05) is 0 Å². The third-order valence-corrected chi connectivity index (χ3v) is 5.51. The third-order valence-electron chi connectivity index (χ3n) is 5.51. The molecule has 0 amide bonds. The van der Waals surface area contributed by atoms with E-state index in [9.17, 15) is 0 Å². The Bertz CT molecular complexity index is 591. The molecule has 0 bridgehead atoms. The second kappa shape index (κ2) is 9.06. The molecular formula is C24H34. The number of hydrogen-bond donors (Lipinski definition) is 0. The van der Waals surface area contributed by atoms with Crippen molar-refractivity contribution >= 4 is 0 Å². The summed E-state index contributed by atoms with van der Waals surface area (Å²) in [5.41, 5.74) is 5.71. The van der Waals surface area contributed by atoms with Crippen molar-refractivity contribution in [2.45, 2.75) is 66.2 Å². The lowest BCUT2D eigenvalue weighted by atomic mass is 9.80. The maximum Gasteiger partial charge on any atom is -0.0136 e. The van der Waals surface area contributed by atoms with Gasteiger partial charge in [0.05, 0.1) is 0 Å². The summed E-state index contributed by atoms with van der Waals surface area (Å²) in [5, 5.41) is 0. The number of hydrogen-bond acceptors (Lipinski definition) is 0. The Morgan fingerprint density at radius 2 is 1.29 bits per heavy atom. The van der Waals surface area contributed by atoms with E-state index < -0.39 is 0 Å².